The molecule has 1 heterocycles. The molecular weight excluding hydrogens is 260 g/mol. The van der Waals surface area contributed by atoms with E-state index >= 15 is 0 Å². The molecule has 0 radical (unpaired) electrons. The first kappa shape index (κ1) is 12.5. The van der Waals surface area contributed by atoms with Crippen LogP contribution in [0, 0.1) is 11.6 Å². The molecule has 3 rings (SSSR count). The molecule has 0 unspecified atom stereocenters. The van der Waals surface area contributed by atoms with Crippen LogP contribution >= 0.6 is 0 Å². The molecule has 3 aromatic rings. The Balaban J connectivity index is 1.88. The zero-order chi connectivity index (χ0) is 13.9. The number of benzene rings is 2. The van der Waals surface area contributed by atoms with Crippen LogP contribution < -0.4 is 0 Å². The van der Waals surface area contributed by atoms with E-state index < -0.39 is 11.6 Å². The molecule has 100 valence electrons. The lowest BCUT2D eigenvalue weighted by Gasteiger charge is -2.00. The van der Waals surface area contributed by atoms with Crippen LogP contribution in [0.4, 0.5) is 8.78 Å². The van der Waals surface area contributed by atoms with Gasteiger partial charge in [-0.05, 0) is 23.8 Å². The van der Waals surface area contributed by atoms with E-state index in [9.17, 15) is 8.78 Å². The fourth-order valence-electron chi connectivity index (χ4n) is 1.93. The molecular formula is C15H11F2N3. The summed E-state index contributed by atoms with van der Waals surface area (Å²) in [5.74, 6) is -0.873. The highest BCUT2D eigenvalue weighted by atomic mass is 19.1. The van der Waals surface area contributed by atoms with Gasteiger partial charge in [-0.2, -0.15) is 5.10 Å². The predicted octanol–water partition coefficient (Wildman–Crippen LogP) is 3.27. The molecule has 0 spiro atoms. The van der Waals surface area contributed by atoms with E-state index in [2.05, 4.69) is 10.1 Å². The topological polar surface area (TPSA) is 30.7 Å². The smallest absolute Gasteiger partial charge is 0.184 e. The summed E-state index contributed by atoms with van der Waals surface area (Å²) >= 11 is 0. The highest BCUT2D eigenvalue weighted by molar-refractivity contribution is 5.55. The number of rotatable bonds is 3. The van der Waals surface area contributed by atoms with Crippen LogP contribution in [0.3, 0.4) is 0 Å². The molecule has 0 saturated carbocycles. The molecule has 0 saturated heterocycles. The number of aromatic nitrogens is 3. The van der Waals surface area contributed by atoms with Crippen molar-refractivity contribution in [2.75, 3.05) is 0 Å². The fraction of sp³-hybridized carbons (Fsp3) is 0.0667. The molecule has 0 amide bonds. The third-order valence-electron chi connectivity index (χ3n) is 2.89. The van der Waals surface area contributed by atoms with Crippen molar-refractivity contribution in [3.63, 3.8) is 0 Å². The van der Waals surface area contributed by atoms with Crippen molar-refractivity contribution < 1.29 is 8.78 Å². The van der Waals surface area contributed by atoms with Crippen LogP contribution in [-0.2, 0) is 6.54 Å². The molecule has 0 fully saturated rings. The zero-order valence-corrected chi connectivity index (χ0v) is 10.5. The van der Waals surface area contributed by atoms with Gasteiger partial charge in [-0.25, -0.2) is 18.4 Å². The maximum atomic E-state index is 13.6. The van der Waals surface area contributed by atoms with Crippen LogP contribution in [-0.4, -0.2) is 14.8 Å². The molecule has 1 aromatic heterocycles. The third kappa shape index (κ3) is 2.56. The third-order valence-corrected chi connectivity index (χ3v) is 2.89. The summed E-state index contributed by atoms with van der Waals surface area (Å²) in [6.07, 6.45) is 1.51. The van der Waals surface area contributed by atoms with Crippen molar-refractivity contribution in [2.24, 2.45) is 0 Å². The SMILES string of the molecule is Fc1ccc(F)c(-c2ncn(Cc3ccccc3)n2)c1. The molecule has 5 heteroatoms. The standard InChI is InChI=1S/C15H11F2N3/c16-12-6-7-14(17)13(8-12)15-18-10-20(19-15)9-11-4-2-1-3-5-11/h1-8,10H,9H2. The average Bonchev–Trinajstić information content (AvgIpc) is 2.91. The quantitative estimate of drug-likeness (QED) is 0.732. The maximum Gasteiger partial charge on any atom is 0.184 e. The van der Waals surface area contributed by atoms with Gasteiger partial charge >= 0.3 is 0 Å². The summed E-state index contributed by atoms with van der Waals surface area (Å²) in [6.45, 7) is 0.533. The molecule has 0 aliphatic rings. The summed E-state index contributed by atoms with van der Waals surface area (Å²) in [5.41, 5.74) is 1.13. The van der Waals surface area contributed by atoms with Crippen molar-refractivity contribution >= 4 is 0 Å². The first-order valence-electron chi connectivity index (χ1n) is 6.11. The summed E-state index contributed by atoms with van der Waals surface area (Å²) < 4.78 is 28.4. The Morgan fingerprint density at radius 2 is 1.80 bits per heavy atom. The van der Waals surface area contributed by atoms with E-state index in [0.29, 0.717) is 6.54 Å². The molecule has 0 bridgehead atoms. The largest absolute Gasteiger partial charge is 0.248 e. The Labute approximate surface area is 114 Å². The molecule has 0 aliphatic carbocycles. The minimum Gasteiger partial charge on any atom is -0.248 e. The van der Waals surface area contributed by atoms with Gasteiger partial charge in [0.2, 0.25) is 0 Å². The Kier molecular flexibility index (Phi) is 3.25. The monoisotopic (exact) mass is 271 g/mol. The maximum absolute atomic E-state index is 13.6. The van der Waals surface area contributed by atoms with Crippen LogP contribution in [0.25, 0.3) is 11.4 Å². The predicted molar refractivity (Wildman–Crippen MR) is 70.9 cm³/mol. The first-order valence-corrected chi connectivity index (χ1v) is 6.11. The molecule has 2 aromatic carbocycles. The lowest BCUT2D eigenvalue weighted by Crippen LogP contribution is -2.00. The van der Waals surface area contributed by atoms with E-state index in [4.69, 9.17) is 0 Å². The molecule has 0 aliphatic heterocycles. The second kappa shape index (κ2) is 5.21. The van der Waals surface area contributed by atoms with Gasteiger partial charge < -0.3 is 0 Å². The van der Waals surface area contributed by atoms with E-state index in [1.54, 1.807) is 4.68 Å². The minimum absolute atomic E-state index is 0.0665. The second-order valence-electron chi connectivity index (χ2n) is 4.38. The first-order chi connectivity index (χ1) is 9.72. The lowest BCUT2D eigenvalue weighted by atomic mass is 10.2. The minimum atomic E-state index is -0.538. The van der Waals surface area contributed by atoms with Gasteiger partial charge in [0.1, 0.15) is 18.0 Å². The van der Waals surface area contributed by atoms with Crippen molar-refractivity contribution in [3.8, 4) is 11.4 Å². The van der Waals surface area contributed by atoms with Gasteiger partial charge in [0.05, 0.1) is 12.1 Å². The second-order valence-corrected chi connectivity index (χ2v) is 4.38. The van der Waals surface area contributed by atoms with Crippen molar-refractivity contribution in [1.82, 2.24) is 14.8 Å². The van der Waals surface area contributed by atoms with Crippen molar-refractivity contribution in [1.29, 1.82) is 0 Å². The number of hydrogen-bond acceptors (Lipinski definition) is 2. The van der Waals surface area contributed by atoms with E-state index in [0.717, 1.165) is 23.8 Å². The van der Waals surface area contributed by atoms with Crippen LogP contribution in [0.15, 0.2) is 54.9 Å². The molecule has 0 N–H and O–H groups in total. The van der Waals surface area contributed by atoms with E-state index in [1.165, 1.54) is 6.33 Å². The normalized spacial score (nSPS) is 10.7. The van der Waals surface area contributed by atoms with Gasteiger partial charge in [0.15, 0.2) is 5.82 Å². The van der Waals surface area contributed by atoms with Gasteiger partial charge in [-0.15, -0.1) is 0 Å². The van der Waals surface area contributed by atoms with Crippen LogP contribution in [0.5, 0.6) is 0 Å². The van der Waals surface area contributed by atoms with Gasteiger partial charge in [-0.3, -0.25) is 0 Å². The Morgan fingerprint density at radius 3 is 2.60 bits per heavy atom. The highest BCUT2D eigenvalue weighted by Crippen LogP contribution is 2.20. The zero-order valence-electron chi connectivity index (χ0n) is 10.5. The van der Waals surface area contributed by atoms with E-state index in [-0.39, 0.29) is 11.4 Å². The summed E-state index contributed by atoms with van der Waals surface area (Å²) in [7, 11) is 0. The van der Waals surface area contributed by atoms with Crippen LogP contribution in [0.2, 0.25) is 0 Å². The van der Waals surface area contributed by atoms with Gasteiger partial charge in [-0.1, -0.05) is 30.3 Å². The number of nitrogens with zero attached hydrogens (tertiary/aromatic N) is 3. The molecule has 0 atom stereocenters. The van der Waals surface area contributed by atoms with Gasteiger partial charge in [0.25, 0.3) is 0 Å². The van der Waals surface area contributed by atoms with Crippen molar-refractivity contribution in [2.45, 2.75) is 6.54 Å². The fourth-order valence-corrected chi connectivity index (χ4v) is 1.93. The average molecular weight is 271 g/mol. The Morgan fingerprint density at radius 1 is 1.00 bits per heavy atom. The summed E-state index contributed by atoms with van der Waals surface area (Å²) in [6, 6.07) is 12.9. The lowest BCUT2D eigenvalue weighted by molar-refractivity contribution is 0.601. The van der Waals surface area contributed by atoms with Crippen molar-refractivity contribution in [3.05, 3.63) is 72.1 Å². The Bertz CT molecular complexity index is 723. The summed E-state index contributed by atoms with van der Waals surface area (Å²) in [4.78, 5) is 4.03. The van der Waals surface area contributed by atoms with E-state index in [1.807, 2.05) is 30.3 Å². The Hall–Kier alpha value is -2.56. The summed E-state index contributed by atoms with van der Waals surface area (Å²) in [5, 5.41) is 4.18. The van der Waals surface area contributed by atoms with Crippen LogP contribution in [0.1, 0.15) is 5.56 Å². The number of hydrogen-bond donors (Lipinski definition) is 0. The van der Waals surface area contributed by atoms with Gasteiger partial charge in [0, 0.05) is 0 Å². The molecule has 3 nitrogen and oxygen atoms in total. The number of halogens is 2. The molecule has 20 heavy (non-hydrogen) atoms. The highest BCUT2D eigenvalue weighted by Gasteiger charge is 2.11.